The van der Waals surface area contributed by atoms with Crippen LogP contribution >= 0.6 is 0 Å². The summed E-state index contributed by atoms with van der Waals surface area (Å²) in [7, 11) is -2.17. The van der Waals surface area contributed by atoms with Crippen molar-refractivity contribution < 1.29 is 18.3 Å². The number of carboxylic acid groups (broad SMARTS) is 1. The quantitative estimate of drug-likeness (QED) is 0.718. The summed E-state index contributed by atoms with van der Waals surface area (Å²) in [6.45, 7) is 12.3. The van der Waals surface area contributed by atoms with Gasteiger partial charge in [0, 0.05) is 18.3 Å². The molecule has 2 aromatic rings. The molecular weight excluding hydrogens is 426 g/mol. The van der Waals surface area contributed by atoms with Crippen LogP contribution in [0.1, 0.15) is 82.8 Å². The Kier molecular flexibility index (Phi) is 6.34. The Bertz CT molecular complexity index is 1090. The zero-order chi connectivity index (χ0) is 24.1. The van der Waals surface area contributed by atoms with E-state index in [0.29, 0.717) is 17.7 Å². The Hall–Kier alpha value is -2.19. The number of fused-ring (bicyclic) bond motifs is 1. The van der Waals surface area contributed by atoms with Crippen LogP contribution < -0.4 is 0 Å². The fourth-order valence-corrected chi connectivity index (χ4v) is 5.62. The van der Waals surface area contributed by atoms with E-state index < -0.39 is 16.0 Å². The van der Waals surface area contributed by atoms with Crippen molar-refractivity contribution in [3.8, 4) is 0 Å². The minimum atomic E-state index is -3.78. The molecule has 1 unspecified atom stereocenters. The van der Waals surface area contributed by atoms with Gasteiger partial charge in [-0.1, -0.05) is 47.6 Å². The first-order valence-corrected chi connectivity index (χ1v) is 12.5. The van der Waals surface area contributed by atoms with E-state index in [4.69, 9.17) is 5.11 Å². The zero-order valence-electron chi connectivity index (χ0n) is 20.1. The molecule has 1 aliphatic rings. The Morgan fingerprint density at radius 3 is 2.19 bits per heavy atom. The number of benzene rings is 1. The number of hydrogen-bond donors (Lipinski definition) is 1. The van der Waals surface area contributed by atoms with Crippen molar-refractivity contribution in [2.75, 3.05) is 7.05 Å². The molecule has 0 fully saturated rings. The molecule has 0 saturated carbocycles. The van der Waals surface area contributed by atoms with Crippen molar-refractivity contribution in [2.24, 2.45) is 0 Å². The van der Waals surface area contributed by atoms with E-state index in [2.05, 4.69) is 52.7 Å². The molecule has 0 radical (unpaired) electrons. The molecule has 1 aliphatic carbocycles. The van der Waals surface area contributed by atoms with Crippen molar-refractivity contribution in [2.45, 2.75) is 89.1 Å². The van der Waals surface area contributed by atoms with E-state index in [1.807, 2.05) is 0 Å². The maximum atomic E-state index is 13.8. The highest BCUT2D eigenvalue weighted by molar-refractivity contribution is 7.89. The molecule has 1 atom stereocenters. The lowest BCUT2D eigenvalue weighted by Gasteiger charge is -2.32. The van der Waals surface area contributed by atoms with Gasteiger partial charge < -0.3 is 5.11 Å². The van der Waals surface area contributed by atoms with Crippen LogP contribution in [-0.2, 0) is 38.6 Å². The summed E-state index contributed by atoms with van der Waals surface area (Å²) in [6.07, 6.45) is 3.77. The molecule has 1 aromatic heterocycles. The predicted octanol–water partition coefficient (Wildman–Crippen LogP) is 4.26. The molecule has 3 rings (SSSR count). The Morgan fingerprint density at radius 1 is 1.12 bits per heavy atom. The van der Waals surface area contributed by atoms with Crippen LogP contribution in [-0.4, -0.2) is 40.6 Å². The number of nitrogens with zero attached hydrogens (tertiary/aromatic N) is 3. The van der Waals surface area contributed by atoms with E-state index in [0.717, 1.165) is 28.8 Å². The van der Waals surface area contributed by atoms with Crippen LogP contribution in [0, 0.1) is 0 Å². The molecule has 1 N–H and O–H groups in total. The van der Waals surface area contributed by atoms with Gasteiger partial charge in [0.25, 0.3) is 0 Å². The first-order chi connectivity index (χ1) is 14.6. The average Bonchev–Trinajstić information content (AvgIpc) is 3.08. The van der Waals surface area contributed by atoms with Crippen molar-refractivity contribution in [1.82, 2.24) is 14.1 Å². The first kappa shape index (κ1) is 24.5. The summed E-state index contributed by atoms with van der Waals surface area (Å²) in [5, 5.41) is 13.4. The molecule has 176 valence electrons. The van der Waals surface area contributed by atoms with Gasteiger partial charge >= 0.3 is 5.97 Å². The number of hydrogen-bond acceptors (Lipinski definition) is 4. The minimum absolute atomic E-state index is 0.194. The molecule has 0 spiro atoms. The minimum Gasteiger partial charge on any atom is -0.480 e. The highest BCUT2D eigenvalue weighted by Crippen LogP contribution is 2.38. The lowest BCUT2D eigenvalue weighted by Crippen LogP contribution is -2.34. The van der Waals surface area contributed by atoms with Gasteiger partial charge in [-0.3, -0.25) is 9.48 Å². The molecule has 7 nitrogen and oxygen atoms in total. The van der Waals surface area contributed by atoms with Crippen LogP contribution in [0.2, 0.25) is 0 Å². The van der Waals surface area contributed by atoms with E-state index >= 15 is 0 Å². The second kappa shape index (κ2) is 8.30. The highest BCUT2D eigenvalue weighted by atomic mass is 32.2. The topological polar surface area (TPSA) is 92.5 Å². The van der Waals surface area contributed by atoms with Crippen molar-refractivity contribution in [3.63, 3.8) is 0 Å². The Balaban J connectivity index is 2.06. The lowest BCUT2D eigenvalue weighted by atomic mass is 9.81. The Morgan fingerprint density at radius 2 is 1.69 bits per heavy atom. The number of rotatable bonds is 5. The maximum Gasteiger partial charge on any atom is 0.325 e. The third kappa shape index (κ3) is 4.76. The molecule has 0 amide bonds. The van der Waals surface area contributed by atoms with Gasteiger partial charge in [0.1, 0.15) is 6.54 Å². The summed E-state index contributed by atoms with van der Waals surface area (Å²) < 4.78 is 30.5. The van der Waals surface area contributed by atoms with Gasteiger partial charge in [0.15, 0.2) is 0 Å². The van der Waals surface area contributed by atoms with E-state index in [1.165, 1.54) is 8.99 Å². The SMILES string of the molecule is CN(C1CCCc2c1cnn2CC(=O)O)S(=O)(=O)c1cc(C(C)(C)C)cc(C(C)(C)C)c1. The van der Waals surface area contributed by atoms with Crippen LogP contribution in [0.3, 0.4) is 0 Å². The third-order valence-electron chi connectivity index (χ3n) is 6.27. The molecule has 1 heterocycles. The molecule has 0 bridgehead atoms. The van der Waals surface area contributed by atoms with E-state index in [9.17, 15) is 13.2 Å². The number of aromatic nitrogens is 2. The smallest absolute Gasteiger partial charge is 0.325 e. The normalized spacial score (nSPS) is 17.4. The monoisotopic (exact) mass is 461 g/mol. The molecule has 0 saturated heterocycles. The van der Waals surface area contributed by atoms with Crippen molar-refractivity contribution >= 4 is 16.0 Å². The van der Waals surface area contributed by atoms with E-state index in [1.54, 1.807) is 25.4 Å². The third-order valence-corrected chi connectivity index (χ3v) is 8.11. The van der Waals surface area contributed by atoms with Gasteiger partial charge in [0.05, 0.1) is 17.1 Å². The summed E-state index contributed by atoms with van der Waals surface area (Å²) in [6, 6.07) is 5.31. The number of carbonyl (C=O) groups is 1. The van der Waals surface area contributed by atoms with Crippen LogP contribution in [0.5, 0.6) is 0 Å². The second-order valence-electron chi connectivity index (χ2n) is 10.8. The van der Waals surface area contributed by atoms with Crippen LogP contribution in [0.25, 0.3) is 0 Å². The van der Waals surface area contributed by atoms with Crippen LogP contribution in [0.15, 0.2) is 29.3 Å². The van der Waals surface area contributed by atoms with Gasteiger partial charge in [-0.25, -0.2) is 8.42 Å². The van der Waals surface area contributed by atoms with Crippen molar-refractivity contribution in [1.29, 1.82) is 0 Å². The fourth-order valence-electron chi connectivity index (χ4n) is 4.19. The lowest BCUT2D eigenvalue weighted by molar-refractivity contribution is -0.137. The first-order valence-electron chi connectivity index (χ1n) is 11.0. The average molecular weight is 462 g/mol. The van der Waals surface area contributed by atoms with Gasteiger partial charge in [-0.2, -0.15) is 9.40 Å². The van der Waals surface area contributed by atoms with Crippen molar-refractivity contribution in [3.05, 3.63) is 46.8 Å². The molecule has 0 aliphatic heterocycles. The number of carboxylic acids is 1. The summed E-state index contributed by atoms with van der Waals surface area (Å²) in [5.41, 5.74) is 3.18. The molecule has 8 heteroatoms. The molecular formula is C24H35N3O4S. The van der Waals surface area contributed by atoms with Gasteiger partial charge in [-0.15, -0.1) is 0 Å². The standard InChI is InChI=1S/C24H35N3O4S/c1-23(2,3)16-11-17(24(4,5)6)13-18(12-16)32(30,31)26(7)20-9-8-10-21-19(20)14-25-27(21)15-22(28)29/h11-14,20H,8-10,15H2,1-7H3,(H,28,29). The number of sulfonamides is 1. The summed E-state index contributed by atoms with van der Waals surface area (Å²) in [5.74, 6) is -0.965. The number of aliphatic carboxylic acids is 1. The summed E-state index contributed by atoms with van der Waals surface area (Å²) in [4.78, 5) is 11.5. The zero-order valence-corrected chi connectivity index (χ0v) is 21.0. The largest absolute Gasteiger partial charge is 0.480 e. The van der Waals surface area contributed by atoms with Crippen LogP contribution in [0.4, 0.5) is 0 Å². The van der Waals surface area contributed by atoms with Gasteiger partial charge in [0.2, 0.25) is 10.0 Å². The maximum absolute atomic E-state index is 13.8. The Labute approximate surface area is 191 Å². The second-order valence-corrected chi connectivity index (χ2v) is 12.8. The fraction of sp³-hybridized carbons (Fsp3) is 0.583. The molecule has 32 heavy (non-hydrogen) atoms. The predicted molar refractivity (Wildman–Crippen MR) is 124 cm³/mol. The van der Waals surface area contributed by atoms with Gasteiger partial charge in [-0.05, 0) is 53.4 Å². The highest BCUT2D eigenvalue weighted by Gasteiger charge is 2.35. The molecule has 1 aromatic carbocycles. The summed E-state index contributed by atoms with van der Waals surface area (Å²) >= 11 is 0. The van der Waals surface area contributed by atoms with E-state index in [-0.39, 0.29) is 23.4 Å².